The molecule has 0 aliphatic heterocycles. The van der Waals surface area contributed by atoms with E-state index in [0.717, 1.165) is 0 Å². The molecule has 0 unspecified atom stereocenters. The molecule has 0 bridgehead atoms. The molecule has 0 saturated heterocycles. The number of rotatable bonds is 0. The van der Waals surface area contributed by atoms with Crippen LogP contribution in [-0.2, 0) is 17.1 Å². The molecular formula is CMnNO. The van der Waals surface area contributed by atoms with Crippen molar-refractivity contribution in [3.05, 3.63) is 12.3 Å². The van der Waals surface area contributed by atoms with Crippen molar-refractivity contribution < 1.29 is 17.1 Å². The molecule has 0 aromatic heterocycles. The van der Waals surface area contributed by atoms with E-state index in [-0.39, 0.29) is 24.5 Å². The molecule has 0 aliphatic rings. The Morgan fingerprint density at radius 2 is 1.25 bits per heavy atom. The van der Waals surface area contributed by atoms with Crippen molar-refractivity contribution >= 4 is 0 Å². The Hall–Kier alpha value is 0.119. The van der Waals surface area contributed by atoms with Crippen LogP contribution in [0.25, 0.3) is 0 Å². The van der Waals surface area contributed by atoms with Crippen molar-refractivity contribution in [1.82, 2.24) is 5.59 Å². The predicted molar refractivity (Wildman–Crippen MR) is 8.74 cm³/mol. The Morgan fingerprint density at radius 3 is 1.25 bits per heavy atom. The van der Waals surface area contributed by atoms with Crippen molar-refractivity contribution in [3.8, 4) is 0 Å². The molecule has 6 radical (unpaired) electrons. The van der Waals surface area contributed by atoms with E-state index in [1.54, 1.807) is 0 Å². The second-order valence-corrected chi connectivity index (χ2v) is 0. The van der Waals surface area contributed by atoms with Gasteiger partial charge in [0.1, 0.15) is 5.59 Å². The maximum Gasteiger partial charge on any atom is 0.120 e. The summed E-state index contributed by atoms with van der Waals surface area (Å²) in [5, 5.41) is 0. The van der Waals surface area contributed by atoms with Crippen LogP contribution >= 0.6 is 0 Å². The van der Waals surface area contributed by atoms with Gasteiger partial charge in [-0.1, -0.05) is 0 Å². The molecule has 0 aromatic carbocycles. The average molecular weight is 97.0 g/mol. The molecule has 0 rings (SSSR count). The Morgan fingerprint density at radius 1 is 1.25 bits per heavy atom. The standard InChI is InChI=1S/C.Mn.NO/c;;1-2. The van der Waals surface area contributed by atoms with Gasteiger partial charge in [0.2, 0.25) is 0 Å². The van der Waals surface area contributed by atoms with Crippen molar-refractivity contribution in [3.63, 3.8) is 0 Å². The molecule has 0 atom stereocenters. The van der Waals surface area contributed by atoms with Crippen molar-refractivity contribution in [2.75, 3.05) is 0 Å². The largest absolute Gasteiger partial charge is 0.120 e. The van der Waals surface area contributed by atoms with Crippen LogP contribution in [-0.4, -0.2) is 0 Å². The maximum absolute atomic E-state index is 7.25. The summed E-state index contributed by atoms with van der Waals surface area (Å²) in [5.74, 6) is 0. The van der Waals surface area contributed by atoms with E-state index in [0.29, 0.717) is 0 Å². The van der Waals surface area contributed by atoms with Crippen molar-refractivity contribution in [1.29, 1.82) is 0 Å². The molecule has 0 N–H and O–H groups in total. The normalized spacial score (nSPS) is 1.00. The van der Waals surface area contributed by atoms with Crippen molar-refractivity contribution in [2.45, 2.75) is 0 Å². The topological polar surface area (TPSA) is 39.4 Å². The smallest absolute Gasteiger partial charge is 0.120 e. The van der Waals surface area contributed by atoms with Gasteiger partial charge in [-0.05, 0) is 0 Å². The van der Waals surface area contributed by atoms with Gasteiger partial charge in [-0.3, -0.25) is 0 Å². The zero-order chi connectivity index (χ0) is 2.00. The maximum atomic E-state index is 7.25. The second kappa shape index (κ2) is 982. The molecule has 0 spiro atoms. The third-order valence-electron chi connectivity index (χ3n) is 0. The van der Waals surface area contributed by atoms with E-state index in [4.69, 9.17) is 10.5 Å². The molecule has 0 heterocycles. The summed E-state index contributed by atoms with van der Waals surface area (Å²) >= 11 is 0. The molecule has 0 aliphatic carbocycles. The van der Waals surface area contributed by atoms with Crippen molar-refractivity contribution in [2.24, 2.45) is 0 Å². The molecule has 0 fully saturated rings. The quantitative estimate of drug-likeness (QED) is 0.380. The molecule has 4 heavy (non-hydrogen) atoms. The zero-order valence-corrected chi connectivity index (χ0v) is 2.91. The number of nitroso groups, excluding NO2 is 1. The van der Waals surface area contributed by atoms with Gasteiger partial charge in [0.25, 0.3) is 0 Å². The molecule has 0 saturated carbocycles. The number of hydrogen-bond acceptors (Lipinski definition) is 1. The average Bonchev–Trinajstić information content (AvgIpc) is 1.00. The predicted octanol–water partition coefficient (Wildman–Crippen LogP) is -0.368. The van der Waals surface area contributed by atoms with Crippen LogP contribution in [0.4, 0.5) is 0 Å². The minimum atomic E-state index is 0. The van der Waals surface area contributed by atoms with Gasteiger partial charge in [-0.2, -0.15) is 0 Å². The molecule has 2 nitrogen and oxygen atoms in total. The summed E-state index contributed by atoms with van der Waals surface area (Å²) in [7, 11) is 0. The summed E-state index contributed by atoms with van der Waals surface area (Å²) in [5.41, 5.74) is 5.75. The summed E-state index contributed by atoms with van der Waals surface area (Å²) in [6.45, 7) is 0. The van der Waals surface area contributed by atoms with Crippen LogP contribution in [0.5, 0.6) is 0 Å². The Balaban J connectivity index is -0.00000000500. The first kappa shape index (κ1) is 32.0. The monoisotopic (exact) mass is 96.9 g/mol. The first-order valence-electron chi connectivity index (χ1n) is 0.183. The molecule has 0 amide bonds. The summed E-state index contributed by atoms with van der Waals surface area (Å²) < 4.78 is 0. The molecular weight excluding hydrogens is 97.0 g/mol. The van der Waals surface area contributed by atoms with E-state index >= 15 is 0 Å². The fourth-order valence-corrected chi connectivity index (χ4v) is 0. The summed E-state index contributed by atoms with van der Waals surface area (Å²) in [6, 6.07) is 0. The van der Waals surface area contributed by atoms with Crippen LogP contribution in [0.2, 0.25) is 0 Å². The van der Waals surface area contributed by atoms with Crippen LogP contribution in [0.1, 0.15) is 0 Å². The van der Waals surface area contributed by atoms with E-state index in [1.807, 2.05) is 0 Å². The SMILES string of the molecule is [C].[Mn].[N]=O. The number of hydrogen-bond donors (Lipinski definition) is 0. The van der Waals surface area contributed by atoms with Crippen LogP contribution in [0.15, 0.2) is 0 Å². The third-order valence-corrected chi connectivity index (χ3v) is 0. The molecule has 3 heteroatoms. The van der Waals surface area contributed by atoms with Gasteiger partial charge in [-0.25, -0.2) is 0 Å². The Bertz CT molecular complexity index is 8.00. The first-order valence-corrected chi connectivity index (χ1v) is 0.183. The van der Waals surface area contributed by atoms with Crippen LogP contribution in [0, 0.1) is 12.3 Å². The van der Waals surface area contributed by atoms with E-state index < -0.39 is 0 Å². The summed E-state index contributed by atoms with van der Waals surface area (Å²) in [4.78, 5) is 7.25. The van der Waals surface area contributed by atoms with Crippen LogP contribution < -0.4 is 5.59 Å². The first-order chi connectivity index (χ1) is 1.00. The van der Waals surface area contributed by atoms with Gasteiger partial charge < -0.3 is 0 Å². The fourth-order valence-electron chi connectivity index (χ4n) is 0. The van der Waals surface area contributed by atoms with Gasteiger partial charge in [-0.15, -0.1) is 4.91 Å². The van der Waals surface area contributed by atoms with Gasteiger partial charge >= 0.3 is 0 Å². The second-order valence-electron chi connectivity index (χ2n) is 0. The van der Waals surface area contributed by atoms with Crippen LogP contribution in [0.3, 0.4) is 0 Å². The van der Waals surface area contributed by atoms with E-state index in [1.165, 1.54) is 0 Å². The van der Waals surface area contributed by atoms with E-state index in [2.05, 4.69) is 0 Å². The van der Waals surface area contributed by atoms with Gasteiger partial charge in [0.05, 0.1) is 0 Å². The fraction of sp³-hybridized carbons (Fsp3) is 0. The Labute approximate surface area is 35.8 Å². The van der Waals surface area contributed by atoms with E-state index in [9.17, 15) is 0 Å². The zero-order valence-electron chi connectivity index (χ0n) is 1.73. The minimum absolute atomic E-state index is 0. The molecule has 0 aromatic rings. The number of nitrogens with zero attached hydrogens (tertiary/aromatic N) is 1. The van der Waals surface area contributed by atoms with Gasteiger partial charge in [0.15, 0.2) is 0 Å². The Kier molecular flexibility index (Phi) is 7850. The molecule has 22 valence electrons. The van der Waals surface area contributed by atoms with Gasteiger partial charge in [0, 0.05) is 24.5 Å². The third kappa shape index (κ3) is 186. The minimum Gasteiger partial charge on any atom is -0.120 e. The summed E-state index contributed by atoms with van der Waals surface area (Å²) in [6.07, 6.45) is 0.